The first-order valence-electron chi connectivity index (χ1n) is 8.96. The average molecular weight is 432 g/mol. The number of benzene rings is 3. The van der Waals surface area contributed by atoms with Gasteiger partial charge in [0.05, 0.1) is 0 Å². The normalized spacial score (nSPS) is 11.4. The minimum absolute atomic E-state index is 0. The van der Waals surface area contributed by atoms with Gasteiger partial charge in [-0.15, -0.1) is 6.58 Å². The monoisotopic (exact) mass is 432 g/mol. The maximum atomic E-state index is 3.63. The van der Waals surface area contributed by atoms with Crippen LogP contribution in [0, 0.1) is 5.92 Å². The van der Waals surface area contributed by atoms with Crippen molar-refractivity contribution in [3.63, 3.8) is 0 Å². The van der Waals surface area contributed by atoms with E-state index >= 15 is 0 Å². The van der Waals surface area contributed by atoms with Gasteiger partial charge >= 0.3 is 118 Å². The van der Waals surface area contributed by atoms with Gasteiger partial charge in [-0.2, -0.15) is 9.90 Å². The molecular weight excluding hydrogens is 402 g/mol. The van der Waals surface area contributed by atoms with Crippen LogP contribution in [0.1, 0.15) is 6.92 Å². The topological polar surface area (TPSA) is 0 Å². The van der Waals surface area contributed by atoms with E-state index in [9.17, 15) is 0 Å². The third-order valence-electron chi connectivity index (χ3n) is 3.65. The molecule has 148 valence electrons. The first-order valence-corrected chi connectivity index (χ1v) is 10.5. The van der Waals surface area contributed by atoms with Crippen LogP contribution in [-0.2, 0) is 13.7 Å². The predicted molar refractivity (Wildman–Crippen MR) is 128 cm³/mol. The number of hydrogen-bond donors (Lipinski definition) is 0. The second kappa shape index (κ2) is 13.9. The Labute approximate surface area is 178 Å². The Balaban J connectivity index is 0.000000376. The van der Waals surface area contributed by atoms with Crippen LogP contribution in [0.15, 0.2) is 128 Å². The molecule has 2 atom stereocenters. The Morgan fingerprint density at radius 3 is 1.32 bits per heavy atom. The molecule has 0 spiro atoms. The van der Waals surface area contributed by atoms with Crippen molar-refractivity contribution >= 4 is 23.4 Å². The summed E-state index contributed by atoms with van der Waals surface area (Å²) in [7, 11) is 0. The van der Waals surface area contributed by atoms with Crippen molar-refractivity contribution in [1.29, 1.82) is 0 Å². The first kappa shape index (κ1) is 23.9. The summed E-state index contributed by atoms with van der Waals surface area (Å²) in [5.74, 6) is 0.466. The fraction of sp³-hybridized carbons (Fsp3) is 0.0769. The standard InChI is InChI=1S/C8H12.3C6H5.Co.H3P/c1-4-6-7-8(3)5-2;3*1-2-4-6-5-3-1;;/h4-8H,1-2H2,3H3;3*1-5H;;1H3. The molecule has 0 aliphatic carbocycles. The quantitative estimate of drug-likeness (QED) is 0.286. The molecule has 2 unspecified atom stereocenters. The fourth-order valence-electron chi connectivity index (χ4n) is 2.22. The molecule has 0 bridgehead atoms. The van der Waals surface area contributed by atoms with E-state index in [1.165, 1.54) is 13.5 Å². The molecule has 3 rings (SSSR count). The summed E-state index contributed by atoms with van der Waals surface area (Å²) in [4.78, 5) is 0. The SMILES string of the molecule is C=CC=CC(C)C=C.P.c1cc[c]([Co]([c]2ccccc2)[c]2ccccc2)cc1. The van der Waals surface area contributed by atoms with E-state index in [-0.39, 0.29) is 9.90 Å². The minimum atomic E-state index is -0.419. The Hall–Kier alpha value is -2.18. The second-order valence-electron chi connectivity index (χ2n) is 5.77. The summed E-state index contributed by atoms with van der Waals surface area (Å²) < 4.78 is 4.19. The molecular formula is C26H30CoP. The van der Waals surface area contributed by atoms with Crippen molar-refractivity contribution in [3.8, 4) is 0 Å². The van der Waals surface area contributed by atoms with Crippen LogP contribution < -0.4 is 13.5 Å². The van der Waals surface area contributed by atoms with E-state index in [0.717, 1.165) is 0 Å². The Bertz CT molecular complexity index is 732. The zero-order chi connectivity index (χ0) is 19.3. The number of rotatable bonds is 6. The molecule has 3 aromatic rings. The molecule has 0 fully saturated rings. The van der Waals surface area contributed by atoms with Gasteiger partial charge in [-0.3, -0.25) is 0 Å². The molecule has 0 amide bonds. The molecule has 0 aromatic heterocycles. The van der Waals surface area contributed by atoms with Crippen molar-refractivity contribution in [2.75, 3.05) is 0 Å². The van der Waals surface area contributed by atoms with Crippen LogP contribution in [0.3, 0.4) is 0 Å². The summed E-state index contributed by atoms with van der Waals surface area (Å²) in [6.45, 7) is 9.25. The maximum absolute atomic E-state index is 3.63. The molecule has 2 heteroatoms. The van der Waals surface area contributed by atoms with Crippen molar-refractivity contribution < 1.29 is 13.7 Å². The van der Waals surface area contributed by atoms with E-state index in [2.05, 4.69) is 111 Å². The van der Waals surface area contributed by atoms with Gasteiger partial charge < -0.3 is 0 Å². The average Bonchev–Trinajstić information content (AvgIpc) is 2.75. The van der Waals surface area contributed by atoms with Crippen LogP contribution in [0.25, 0.3) is 0 Å². The summed E-state index contributed by atoms with van der Waals surface area (Å²) in [6, 6.07) is 32.3. The Kier molecular flexibility index (Phi) is 11.8. The van der Waals surface area contributed by atoms with E-state index in [1.807, 2.05) is 18.2 Å². The summed E-state index contributed by atoms with van der Waals surface area (Å²) in [5.41, 5.74) is 0. The van der Waals surface area contributed by atoms with E-state index in [4.69, 9.17) is 0 Å². The molecule has 0 saturated carbocycles. The summed E-state index contributed by atoms with van der Waals surface area (Å²) in [5, 5.41) is 0. The molecule has 0 radical (unpaired) electrons. The van der Waals surface area contributed by atoms with Gasteiger partial charge in [-0.05, 0) is 5.92 Å². The molecule has 3 aromatic carbocycles. The van der Waals surface area contributed by atoms with Crippen molar-refractivity contribution in [3.05, 3.63) is 128 Å². The Morgan fingerprint density at radius 1 is 0.679 bits per heavy atom. The second-order valence-corrected chi connectivity index (χ2v) is 8.36. The fourth-order valence-corrected chi connectivity index (χ4v) is 4.90. The molecule has 0 aliphatic heterocycles. The Morgan fingerprint density at radius 2 is 1.04 bits per heavy atom. The van der Waals surface area contributed by atoms with Crippen LogP contribution in [-0.4, -0.2) is 0 Å². The van der Waals surface area contributed by atoms with Gasteiger partial charge in [-0.1, -0.05) is 37.8 Å². The van der Waals surface area contributed by atoms with Crippen LogP contribution in [0.4, 0.5) is 0 Å². The third kappa shape index (κ3) is 7.82. The van der Waals surface area contributed by atoms with Crippen LogP contribution >= 0.6 is 9.90 Å². The van der Waals surface area contributed by atoms with Gasteiger partial charge in [-0.25, -0.2) is 0 Å². The zero-order valence-electron chi connectivity index (χ0n) is 16.5. The van der Waals surface area contributed by atoms with E-state index in [0.29, 0.717) is 5.92 Å². The molecule has 0 aliphatic rings. The zero-order valence-corrected chi connectivity index (χ0v) is 19.0. The molecule has 0 saturated heterocycles. The van der Waals surface area contributed by atoms with E-state index in [1.54, 1.807) is 6.08 Å². The predicted octanol–water partition coefficient (Wildman–Crippen LogP) is 5.19. The summed E-state index contributed by atoms with van der Waals surface area (Å²) >= 11 is -0.419. The van der Waals surface area contributed by atoms with Crippen molar-refractivity contribution in [2.45, 2.75) is 6.92 Å². The number of allylic oxidation sites excluding steroid dienone is 4. The van der Waals surface area contributed by atoms with E-state index < -0.39 is 13.7 Å². The molecule has 0 N–H and O–H groups in total. The van der Waals surface area contributed by atoms with Gasteiger partial charge in [0.15, 0.2) is 0 Å². The molecule has 28 heavy (non-hydrogen) atoms. The van der Waals surface area contributed by atoms with Gasteiger partial charge in [0, 0.05) is 0 Å². The summed E-state index contributed by atoms with van der Waals surface area (Å²) in [6.07, 6.45) is 7.62. The molecule has 0 nitrogen and oxygen atoms in total. The van der Waals surface area contributed by atoms with Gasteiger partial charge in [0.25, 0.3) is 0 Å². The van der Waals surface area contributed by atoms with Gasteiger partial charge in [0.2, 0.25) is 0 Å². The van der Waals surface area contributed by atoms with Crippen molar-refractivity contribution in [2.24, 2.45) is 5.92 Å². The third-order valence-corrected chi connectivity index (χ3v) is 6.50. The van der Waals surface area contributed by atoms with Gasteiger partial charge in [0.1, 0.15) is 0 Å². The van der Waals surface area contributed by atoms with Crippen LogP contribution in [0.5, 0.6) is 0 Å². The number of hydrogen-bond acceptors (Lipinski definition) is 0. The van der Waals surface area contributed by atoms with Crippen molar-refractivity contribution in [1.82, 2.24) is 0 Å². The molecule has 0 heterocycles. The first-order chi connectivity index (χ1) is 13.3. The van der Waals surface area contributed by atoms with Crippen LogP contribution in [0.2, 0.25) is 0 Å².